The van der Waals surface area contributed by atoms with Gasteiger partial charge >= 0.3 is 0 Å². The Hall–Kier alpha value is -2.70. The van der Waals surface area contributed by atoms with Gasteiger partial charge in [0.15, 0.2) is 0 Å². The number of nitro groups is 1. The summed E-state index contributed by atoms with van der Waals surface area (Å²) in [6, 6.07) is 4.26. The van der Waals surface area contributed by atoms with E-state index in [0.717, 1.165) is 12.0 Å². The second-order valence-electron chi connectivity index (χ2n) is 4.34. The maximum atomic E-state index is 12.1. The molecule has 20 heavy (non-hydrogen) atoms. The number of rotatable bonds is 4. The summed E-state index contributed by atoms with van der Waals surface area (Å²) >= 11 is 0. The molecule has 0 atom stereocenters. The van der Waals surface area contributed by atoms with Gasteiger partial charge in [0.1, 0.15) is 5.82 Å². The smallest absolute Gasteiger partial charge is 0.272 e. The molecule has 0 aliphatic rings. The third kappa shape index (κ3) is 2.66. The molecule has 0 spiro atoms. The number of nitro benzene ring substituents is 1. The Labute approximate surface area is 115 Å². The van der Waals surface area contributed by atoms with E-state index < -0.39 is 4.92 Å². The Kier molecular flexibility index (Phi) is 3.79. The summed E-state index contributed by atoms with van der Waals surface area (Å²) in [5, 5.41) is 20.0. The maximum Gasteiger partial charge on any atom is 0.272 e. The Morgan fingerprint density at radius 2 is 2.25 bits per heavy atom. The van der Waals surface area contributed by atoms with Crippen LogP contribution in [0.1, 0.15) is 28.4 Å². The molecule has 0 saturated heterocycles. The number of anilines is 1. The third-order valence-electron chi connectivity index (χ3n) is 2.99. The molecule has 7 heteroatoms. The zero-order chi connectivity index (χ0) is 14.7. The molecule has 1 aromatic carbocycles. The first kappa shape index (κ1) is 13.7. The fourth-order valence-electron chi connectivity index (χ4n) is 1.87. The van der Waals surface area contributed by atoms with E-state index in [1.54, 1.807) is 13.1 Å². The molecule has 2 aromatic rings. The van der Waals surface area contributed by atoms with Gasteiger partial charge in [0.05, 0.1) is 11.1 Å². The molecule has 2 N–H and O–H groups in total. The number of aryl methyl sites for hydroxylation is 2. The number of nitrogens with zero attached hydrogens (tertiary/aromatic N) is 2. The summed E-state index contributed by atoms with van der Waals surface area (Å²) in [6.07, 6.45) is 2.39. The van der Waals surface area contributed by atoms with Crippen LogP contribution in [0.3, 0.4) is 0 Å². The first-order valence-electron chi connectivity index (χ1n) is 6.11. The number of hydrogen-bond acceptors (Lipinski definition) is 4. The number of carbonyl (C=O) groups excluding carboxylic acids is 1. The highest BCUT2D eigenvalue weighted by Crippen LogP contribution is 2.20. The number of amides is 1. The van der Waals surface area contributed by atoms with Crippen molar-refractivity contribution >= 4 is 17.4 Å². The van der Waals surface area contributed by atoms with Crippen LogP contribution >= 0.6 is 0 Å². The molecular formula is C13H14N4O3. The SMILES string of the molecule is CCc1cn[nH]c1NC(=O)c1ccc([N+](=O)[O-])c(C)c1. The maximum absolute atomic E-state index is 12.1. The van der Waals surface area contributed by atoms with Crippen molar-refractivity contribution in [3.05, 3.63) is 51.2 Å². The van der Waals surface area contributed by atoms with Crippen LogP contribution in [-0.4, -0.2) is 21.0 Å². The van der Waals surface area contributed by atoms with Crippen LogP contribution in [0.15, 0.2) is 24.4 Å². The highest BCUT2D eigenvalue weighted by atomic mass is 16.6. The standard InChI is InChI=1S/C13H14N4O3/c1-3-9-7-14-16-12(9)15-13(18)10-4-5-11(17(19)20)8(2)6-10/h4-7H,3H2,1-2H3,(H2,14,15,16,18). The van der Waals surface area contributed by atoms with E-state index in [-0.39, 0.29) is 11.6 Å². The van der Waals surface area contributed by atoms with Crippen molar-refractivity contribution in [3.8, 4) is 0 Å². The molecule has 1 heterocycles. The summed E-state index contributed by atoms with van der Waals surface area (Å²) in [7, 11) is 0. The van der Waals surface area contributed by atoms with Crippen LogP contribution in [0.5, 0.6) is 0 Å². The van der Waals surface area contributed by atoms with Crippen molar-refractivity contribution in [2.45, 2.75) is 20.3 Å². The van der Waals surface area contributed by atoms with Gasteiger partial charge in [0.2, 0.25) is 0 Å². The lowest BCUT2D eigenvalue weighted by molar-refractivity contribution is -0.385. The van der Waals surface area contributed by atoms with Gasteiger partial charge in [-0.2, -0.15) is 5.10 Å². The van der Waals surface area contributed by atoms with Gasteiger partial charge in [0.25, 0.3) is 11.6 Å². The Bertz CT molecular complexity index is 663. The van der Waals surface area contributed by atoms with E-state index in [2.05, 4.69) is 15.5 Å². The molecule has 0 bridgehead atoms. The highest BCUT2D eigenvalue weighted by Gasteiger charge is 2.15. The van der Waals surface area contributed by atoms with E-state index in [4.69, 9.17) is 0 Å². The first-order valence-corrected chi connectivity index (χ1v) is 6.11. The molecule has 0 unspecified atom stereocenters. The number of H-pyrrole nitrogens is 1. The predicted molar refractivity (Wildman–Crippen MR) is 73.8 cm³/mol. The van der Waals surface area contributed by atoms with Gasteiger partial charge in [-0.3, -0.25) is 20.0 Å². The van der Waals surface area contributed by atoms with Crippen molar-refractivity contribution < 1.29 is 9.72 Å². The molecule has 0 radical (unpaired) electrons. The largest absolute Gasteiger partial charge is 0.307 e. The third-order valence-corrected chi connectivity index (χ3v) is 2.99. The van der Waals surface area contributed by atoms with Crippen molar-refractivity contribution in [3.63, 3.8) is 0 Å². The number of nitrogens with one attached hydrogen (secondary N) is 2. The molecule has 7 nitrogen and oxygen atoms in total. The van der Waals surface area contributed by atoms with E-state index in [9.17, 15) is 14.9 Å². The minimum atomic E-state index is -0.471. The molecule has 0 saturated carbocycles. The molecule has 104 valence electrons. The monoisotopic (exact) mass is 274 g/mol. The lowest BCUT2D eigenvalue weighted by atomic mass is 10.1. The quantitative estimate of drug-likeness (QED) is 0.660. The van der Waals surface area contributed by atoms with Crippen LogP contribution < -0.4 is 5.32 Å². The van der Waals surface area contributed by atoms with Crippen molar-refractivity contribution in [2.75, 3.05) is 5.32 Å². The summed E-state index contributed by atoms with van der Waals surface area (Å²) in [4.78, 5) is 22.3. The van der Waals surface area contributed by atoms with E-state index in [1.165, 1.54) is 18.2 Å². The average Bonchev–Trinajstić information content (AvgIpc) is 2.85. The van der Waals surface area contributed by atoms with E-state index in [1.807, 2.05) is 6.92 Å². The van der Waals surface area contributed by atoms with Crippen molar-refractivity contribution in [1.29, 1.82) is 0 Å². The number of carbonyl (C=O) groups is 1. The van der Waals surface area contributed by atoms with Gasteiger partial charge in [-0.25, -0.2) is 0 Å². The predicted octanol–water partition coefficient (Wildman–Crippen LogP) is 2.44. The van der Waals surface area contributed by atoms with E-state index >= 15 is 0 Å². The molecule has 1 aromatic heterocycles. The van der Waals surface area contributed by atoms with Gasteiger partial charge in [-0.1, -0.05) is 6.92 Å². The topological polar surface area (TPSA) is 101 Å². The normalized spacial score (nSPS) is 10.3. The number of benzene rings is 1. The van der Waals surface area contributed by atoms with Gasteiger partial charge in [-0.15, -0.1) is 0 Å². The summed E-state index contributed by atoms with van der Waals surface area (Å²) in [5.74, 6) is 0.218. The molecule has 2 rings (SSSR count). The fourth-order valence-corrected chi connectivity index (χ4v) is 1.87. The lowest BCUT2D eigenvalue weighted by Gasteiger charge is -2.05. The molecule has 0 aliphatic heterocycles. The van der Waals surface area contributed by atoms with Gasteiger partial charge < -0.3 is 5.32 Å². The molecular weight excluding hydrogens is 260 g/mol. The van der Waals surface area contributed by atoms with E-state index in [0.29, 0.717) is 16.9 Å². The Balaban J connectivity index is 2.22. The van der Waals surface area contributed by atoms with Crippen LogP contribution in [0, 0.1) is 17.0 Å². The number of aromatic amines is 1. The van der Waals surface area contributed by atoms with Gasteiger partial charge in [0, 0.05) is 22.8 Å². The lowest BCUT2D eigenvalue weighted by Crippen LogP contribution is -2.13. The zero-order valence-electron chi connectivity index (χ0n) is 11.1. The van der Waals surface area contributed by atoms with Crippen molar-refractivity contribution in [2.24, 2.45) is 0 Å². The second-order valence-corrected chi connectivity index (χ2v) is 4.34. The van der Waals surface area contributed by atoms with Gasteiger partial charge in [-0.05, 0) is 25.5 Å². The molecule has 0 aliphatic carbocycles. The van der Waals surface area contributed by atoms with Crippen LogP contribution in [0.4, 0.5) is 11.5 Å². The highest BCUT2D eigenvalue weighted by molar-refractivity contribution is 6.04. The zero-order valence-corrected chi connectivity index (χ0v) is 11.1. The average molecular weight is 274 g/mol. The summed E-state index contributed by atoms with van der Waals surface area (Å²) in [5.41, 5.74) is 1.71. The molecule has 0 fully saturated rings. The van der Waals surface area contributed by atoms with Crippen LogP contribution in [-0.2, 0) is 6.42 Å². The number of aromatic nitrogens is 2. The Morgan fingerprint density at radius 3 is 2.85 bits per heavy atom. The minimum absolute atomic E-state index is 0.00247. The Morgan fingerprint density at radius 1 is 1.50 bits per heavy atom. The van der Waals surface area contributed by atoms with Crippen LogP contribution in [0.2, 0.25) is 0 Å². The van der Waals surface area contributed by atoms with Crippen molar-refractivity contribution in [1.82, 2.24) is 10.2 Å². The molecule has 1 amide bonds. The van der Waals surface area contributed by atoms with Crippen LogP contribution in [0.25, 0.3) is 0 Å². The fraction of sp³-hybridized carbons (Fsp3) is 0.231. The summed E-state index contributed by atoms with van der Waals surface area (Å²) < 4.78 is 0. The number of hydrogen-bond donors (Lipinski definition) is 2. The minimum Gasteiger partial charge on any atom is -0.307 e. The first-order chi connectivity index (χ1) is 9.52. The second kappa shape index (κ2) is 5.52. The summed E-state index contributed by atoms with van der Waals surface area (Å²) in [6.45, 7) is 3.55.